The zero-order valence-electron chi connectivity index (χ0n) is 16.7. The molecule has 0 N–H and O–H groups in total. The average molecular weight is 386 g/mol. The molecule has 0 bridgehead atoms. The van der Waals surface area contributed by atoms with Crippen LogP contribution < -0.4 is 0 Å². The molecular weight excluding hydrogens is 352 g/mol. The van der Waals surface area contributed by atoms with Crippen LogP contribution in [-0.4, -0.2) is 5.25 Å². The Morgan fingerprint density at radius 2 is 1.42 bits per heavy atom. The number of rotatable bonds is 7. The molecular formula is C24H33S2+. The van der Waals surface area contributed by atoms with E-state index < -0.39 is 0 Å². The first-order chi connectivity index (χ1) is 12.7. The molecule has 0 amide bonds. The van der Waals surface area contributed by atoms with Crippen LogP contribution in [0.25, 0.3) is 0 Å². The minimum Gasteiger partial charge on any atom is -0.123 e. The molecule has 0 unspecified atom stereocenters. The molecule has 1 aliphatic rings. The van der Waals surface area contributed by atoms with Gasteiger partial charge in [-0.2, -0.15) is 0 Å². The van der Waals surface area contributed by atoms with Gasteiger partial charge in [0.1, 0.15) is 9.81 Å². The summed E-state index contributed by atoms with van der Waals surface area (Å²) in [4.78, 5) is 5.66. The van der Waals surface area contributed by atoms with E-state index >= 15 is 0 Å². The number of thioether (sulfide) groups is 1. The van der Waals surface area contributed by atoms with Crippen LogP contribution in [0.4, 0.5) is 0 Å². The first kappa shape index (κ1) is 21.2. The van der Waals surface area contributed by atoms with Gasteiger partial charge in [0.05, 0.1) is 10.9 Å². The fourth-order valence-corrected chi connectivity index (χ4v) is 6.59. The first-order valence-electron chi connectivity index (χ1n) is 9.76. The minimum absolute atomic E-state index is 0.0152. The summed E-state index contributed by atoms with van der Waals surface area (Å²) in [6.45, 7) is 8.64. The number of hydrogen-bond acceptors (Lipinski definition) is 1. The van der Waals surface area contributed by atoms with E-state index in [2.05, 4.69) is 100 Å². The van der Waals surface area contributed by atoms with E-state index in [1.807, 2.05) is 0 Å². The topological polar surface area (TPSA) is 0 Å². The number of benzene rings is 1. The Hall–Kier alpha value is -1.12. The van der Waals surface area contributed by atoms with E-state index in [4.69, 9.17) is 0 Å². The SMILES string of the molecule is C/C=C\C=C(/C)[S+](/C(C)=C/C=C\C)c1ccc(SC2CCCCC2)cc1. The van der Waals surface area contributed by atoms with Crippen LogP contribution in [0.3, 0.4) is 0 Å². The molecule has 2 heteroatoms. The van der Waals surface area contributed by atoms with Gasteiger partial charge in [0.15, 0.2) is 4.90 Å². The summed E-state index contributed by atoms with van der Waals surface area (Å²) in [5, 5.41) is 0.820. The summed E-state index contributed by atoms with van der Waals surface area (Å²) in [6.07, 6.45) is 20.0. The van der Waals surface area contributed by atoms with Crippen molar-refractivity contribution in [1.29, 1.82) is 0 Å². The van der Waals surface area contributed by atoms with E-state index in [0.29, 0.717) is 0 Å². The molecule has 1 aromatic carbocycles. The van der Waals surface area contributed by atoms with Gasteiger partial charge in [-0.05, 0) is 63.1 Å². The molecule has 0 aromatic heterocycles. The summed E-state index contributed by atoms with van der Waals surface area (Å²) < 4.78 is 0. The average Bonchev–Trinajstić information content (AvgIpc) is 2.67. The van der Waals surface area contributed by atoms with Crippen LogP contribution in [0.1, 0.15) is 59.8 Å². The van der Waals surface area contributed by atoms with Crippen molar-refractivity contribution in [3.63, 3.8) is 0 Å². The smallest absolute Gasteiger partial charge is 0.123 e. The van der Waals surface area contributed by atoms with Gasteiger partial charge in [-0.3, -0.25) is 0 Å². The third-order valence-electron chi connectivity index (χ3n) is 4.61. The van der Waals surface area contributed by atoms with E-state index in [0.717, 1.165) is 5.25 Å². The van der Waals surface area contributed by atoms with Crippen LogP contribution in [-0.2, 0) is 10.9 Å². The molecule has 2 rings (SSSR count). The Morgan fingerprint density at radius 1 is 0.885 bits per heavy atom. The molecule has 0 atom stereocenters. The van der Waals surface area contributed by atoms with Crippen LogP contribution in [0, 0.1) is 0 Å². The maximum Gasteiger partial charge on any atom is 0.165 e. The van der Waals surface area contributed by atoms with Gasteiger partial charge in [0, 0.05) is 24.0 Å². The van der Waals surface area contributed by atoms with E-state index in [1.54, 1.807) is 0 Å². The fourth-order valence-electron chi connectivity index (χ4n) is 3.25. The zero-order chi connectivity index (χ0) is 18.8. The van der Waals surface area contributed by atoms with Gasteiger partial charge < -0.3 is 0 Å². The molecule has 26 heavy (non-hydrogen) atoms. The second-order valence-corrected chi connectivity index (χ2v) is 10.5. The second kappa shape index (κ2) is 11.6. The molecule has 0 radical (unpaired) electrons. The quantitative estimate of drug-likeness (QED) is 0.338. The third-order valence-corrected chi connectivity index (χ3v) is 8.26. The Morgan fingerprint density at radius 3 is 1.92 bits per heavy atom. The predicted molar refractivity (Wildman–Crippen MR) is 122 cm³/mol. The summed E-state index contributed by atoms with van der Waals surface area (Å²) in [5.74, 6) is 0. The van der Waals surface area contributed by atoms with Crippen molar-refractivity contribution < 1.29 is 0 Å². The molecule has 1 aliphatic carbocycles. The van der Waals surface area contributed by atoms with Crippen LogP contribution >= 0.6 is 11.8 Å². The molecule has 0 aliphatic heterocycles. The van der Waals surface area contributed by atoms with Crippen molar-refractivity contribution in [3.8, 4) is 0 Å². The standard InChI is InChI=1S/C24H33S2/c1-5-7-12-20(3)26(21(4)13-8-6-2)24-18-16-23(17-19-24)25-22-14-10-9-11-15-22/h5-8,12-13,16-19,22H,9-11,14-15H2,1-4H3/q+1/b7-5-,8-6-,20-12+,21-13+. The highest BCUT2D eigenvalue weighted by molar-refractivity contribution is 8.04. The molecule has 140 valence electrons. The van der Waals surface area contributed by atoms with Crippen molar-refractivity contribution in [2.24, 2.45) is 0 Å². The summed E-state index contributed by atoms with van der Waals surface area (Å²) >= 11 is 2.08. The fraction of sp³-hybridized carbons (Fsp3) is 0.417. The van der Waals surface area contributed by atoms with Crippen LogP contribution in [0.5, 0.6) is 0 Å². The zero-order valence-corrected chi connectivity index (χ0v) is 18.3. The van der Waals surface area contributed by atoms with Crippen molar-refractivity contribution in [2.45, 2.75) is 74.8 Å². The van der Waals surface area contributed by atoms with Crippen molar-refractivity contribution in [3.05, 3.63) is 70.5 Å². The minimum atomic E-state index is 0.0152. The highest BCUT2D eigenvalue weighted by Gasteiger charge is 2.27. The summed E-state index contributed by atoms with van der Waals surface area (Å²) in [7, 11) is 0.0152. The Kier molecular flexibility index (Phi) is 9.42. The maximum atomic E-state index is 2.34. The van der Waals surface area contributed by atoms with E-state index in [-0.39, 0.29) is 10.9 Å². The lowest BCUT2D eigenvalue weighted by molar-refractivity contribution is 0.516. The van der Waals surface area contributed by atoms with Gasteiger partial charge in [0.2, 0.25) is 0 Å². The number of allylic oxidation sites excluding steroid dienone is 8. The molecule has 1 saturated carbocycles. The monoisotopic (exact) mass is 385 g/mol. The molecule has 0 saturated heterocycles. The van der Waals surface area contributed by atoms with Gasteiger partial charge in [0.25, 0.3) is 0 Å². The van der Waals surface area contributed by atoms with Crippen LogP contribution in [0.2, 0.25) is 0 Å². The van der Waals surface area contributed by atoms with Crippen LogP contribution in [0.15, 0.2) is 80.3 Å². The van der Waals surface area contributed by atoms with Crippen molar-refractivity contribution >= 4 is 22.7 Å². The lowest BCUT2D eigenvalue weighted by Gasteiger charge is -2.20. The Labute approximate surface area is 167 Å². The third kappa shape index (κ3) is 6.55. The molecule has 1 fully saturated rings. The van der Waals surface area contributed by atoms with Crippen molar-refractivity contribution in [2.75, 3.05) is 0 Å². The second-order valence-electron chi connectivity index (χ2n) is 6.76. The van der Waals surface area contributed by atoms with E-state index in [1.165, 1.54) is 51.7 Å². The summed E-state index contributed by atoms with van der Waals surface area (Å²) in [5.41, 5.74) is 0. The molecule has 1 aromatic rings. The van der Waals surface area contributed by atoms with Gasteiger partial charge >= 0.3 is 0 Å². The lowest BCUT2D eigenvalue weighted by atomic mass is 10.0. The maximum absolute atomic E-state index is 2.34. The van der Waals surface area contributed by atoms with Gasteiger partial charge in [-0.15, -0.1) is 11.8 Å². The molecule has 0 heterocycles. The Bertz CT molecular complexity index is 628. The predicted octanol–water partition coefficient (Wildman–Crippen LogP) is 8.05. The lowest BCUT2D eigenvalue weighted by Crippen LogP contribution is -2.08. The number of hydrogen-bond donors (Lipinski definition) is 0. The van der Waals surface area contributed by atoms with Gasteiger partial charge in [-0.1, -0.05) is 43.6 Å². The van der Waals surface area contributed by atoms with Crippen molar-refractivity contribution in [1.82, 2.24) is 0 Å². The van der Waals surface area contributed by atoms with Gasteiger partial charge in [-0.25, -0.2) is 0 Å². The first-order valence-corrected chi connectivity index (χ1v) is 11.9. The molecule has 0 nitrogen and oxygen atoms in total. The van der Waals surface area contributed by atoms with E-state index in [9.17, 15) is 0 Å². The Balaban J connectivity index is 2.21. The molecule has 0 spiro atoms. The largest absolute Gasteiger partial charge is 0.165 e. The highest BCUT2D eigenvalue weighted by Crippen LogP contribution is 2.35. The summed E-state index contributed by atoms with van der Waals surface area (Å²) in [6, 6.07) is 9.35. The normalized spacial score (nSPS) is 18.8. The highest BCUT2D eigenvalue weighted by atomic mass is 32.2.